The Morgan fingerprint density at radius 2 is 2.12 bits per heavy atom. The highest BCUT2D eigenvalue weighted by atomic mass is 19.1. The molecule has 0 spiro atoms. The number of nitrogens with zero attached hydrogens (tertiary/aromatic N) is 4. The molecule has 1 aliphatic heterocycles. The fourth-order valence-corrected chi connectivity index (χ4v) is 2.84. The molecule has 1 aromatic heterocycles. The summed E-state index contributed by atoms with van der Waals surface area (Å²) in [6, 6.07) is 6.25. The summed E-state index contributed by atoms with van der Waals surface area (Å²) in [4.78, 5) is 8.80. The van der Waals surface area contributed by atoms with Crippen molar-refractivity contribution in [1.29, 1.82) is 0 Å². The molecule has 0 amide bonds. The summed E-state index contributed by atoms with van der Waals surface area (Å²) in [6.45, 7) is 4.73. The molecule has 1 aliphatic rings. The number of aliphatic imine (C=N–C) groups is 1. The van der Waals surface area contributed by atoms with Crippen LogP contribution in [0.1, 0.15) is 11.3 Å². The van der Waals surface area contributed by atoms with E-state index in [4.69, 9.17) is 4.52 Å². The zero-order valence-corrected chi connectivity index (χ0v) is 14.2. The number of phenolic OH excluding ortho intramolecular Hbond substituents is 1. The summed E-state index contributed by atoms with van der Waals surface area (Å²) in [5, 5.41) is 16.4. The number of hydrogen-bond donors (Lipinski definition) is 2. The van der Waals surface area contributed by atoms with Gasteiger partial charge in [-0.1, -0.05) is 11.2 Å². The lowest BCUT2D eigenvalue weighted by atomic mass is 10.2. The quantitative estimate of drug-likeness (QED) is 0.643. The van der Waals surface area contributed by atoms with Gasteiger partial charge in [0.15, 0.2) is 17.5 Å². The molecule has 0 bridgehead atoms. The first-order valence-electron chi connectivity index (χ1n) is 8.20. The second-order valence-corrected chi connectivity index (χ2v) is 5.94. The zero-order valence-electron chi connectivity index (χ0n) is 14.2. The van der Waals surface area contributed by atoms with Gasteiger partial charge in [-0.25, -0.2) is 4.39 Å². The van der Waals surface area contributed by atoms with Crippen LogP contribution in [0.5, 0.6) is 5.75 Å². The van der Waals surface area contributed by atoms with Crippen LogP contribution in [0.3, 0.4) is 0 Å². The Bertz CT molecular complexity index is 712. The van der Waals surface area contributed by atoms with Crippen molar-refractivity contribution >= 4 is 5.96 Å². The van der Waals surface area contributed by atoms with Gasteiger partial charge in [-0.3, -0.25) is 9.89 Å². The Kier molecular flexibility index (Phi) is 5.49. The monoisotopic (exact) mass is 347 g/mol. The van der Waals surface area contributed by atoms with E-state index >= 15 is 0 Å². The first-order chi connectivity index (χ1) is 12.2. The molecule has 0 atom stereocenters. The average Bonchev–Trinajstić information content (AvgIpc) is 3.13. The summed E-state index contributed by atoms with van der Waals surface area (Å²) in [7, 11) is 1.74. The van der Waals surface area contributed by atoms with E-state index in [0.717, 1.165) is 49.9 Å². The third kappa shape index (κ3) is 4.48. The van der Waals surface area contributed by atoms with E-state index in [2.05, 4.69) is 25.3 Å². The summed E-state index contributed by atoms with van der Waals surface area (Å²) >= 11 is 0. The topological polar surface area (TPSA) is 77.1 Å². The molecule has 1 fully saturated rings. The molecular weight excluding hydrogens is 325 g/mol. The van der Waals surface area contributed by atoms with Crippen LogP contribution in [0.25, 0.3) is 0 Å². The van der Waals surface area contributed by atoms with Gasteiger partial charge in [0.05, 0.1) is 5.69 Å². The lowest BCUT2D eigenvalue weighted by molar-refractivity contribution is 0.169. The van der Waals surface area contributed by atoms with Gasteiger partial charge in [0.1, 0.15) is 6.26 Å². The third-order valence-corrected chi connectivity index (χ3v) is 4.22. The lowest BCUT2D eigenvalue weighted by Gasteiger charge is -2.36. The van der Waals surface area contributed by atoms with E-state index < -0.39 is 5.82 Å². The first kappa shape index (κ1) is 17.2. The molecule has 0 unspecified atom stereocenters. The molecule has 7 nitrogen and oxygen atoms in total. The van der Waals surface area contributed by atoms with Crippen molar-refractivity contribution in [3.8, 4) is 5.75 Å². The van der Waals surface area contributed by atoms with E-state index in [0.29, 0.717) is 6.54 Å². The van der Waals surface area contributed by atoms with E-state index in [1.807, 2.05) is 6.07 Å². The van der Waals surface area contributed by atoms with Crippen molar-refractivity contribution in [1.82, 2.24) is 20.3 Å². The number of halogens is 1. The molecule has 3 rings (SSSR count). The summed E-state index contributed by atoms with van der Waals surface area (Å²) < 4.78 is 18.3. The largest absolute Gasteiger partial charge is 0.505 e. The molecule has 0 saturated carbocycles. The Labute approximate surface area is 145 Å². The van der Waals surface area contributed by atoms with Crippen molar-refractivity contribution < 1.29 is 14.0 Å². The van der Waals surface area contributed by atoms with Gasteiger partial charge in [-0.2, -0.15) is 0 Å². The normalized spacial score (nSPS) is 16.2. The van der Waals surface area contributed by atoms with Crippen molar-refractivity contribution in [2.24, 2.45) is 4.99 Å². The molecule has 2 aromatic rings. The Hall–Kier alpha value is -2.61. The molecule has 1 saturated heterocycles. The first-order valence-corrected chi connectivity index (χ1v) is 8.20. The van der Waals surface area contributed by atoms with Crippen LogP contribution >= 0.6 is 0 Å². The van der Waals surface area contributed by atoms with Crippen molar-refractivity contribution in [3.63, 3.8) is 0 Å². The van der Waals surface area contributed by atoms with Crippen molar-refractivity contribution in [2.75, 3.05) is 33.2 Å². The Morgan fingerprint density at radius 3 is 2.76 bits per heavy atom. The smallest absolute Gasteiger partial charge is 0.194 e. The van der Waals surface area contributed by atoms with Gasteiger partial charge in [0, 0.05) is 52.4 Å². The number of guanidine groups is 1. The molecule has 2 heterocycles. The van der Waals surface area contributed by atoms with Gasteiger partial charge in [-0.15, -0.1) is 0 Å². The number of piperazine rings is 1. The second kappa shape index (κ2) is 7.98. The number of nitrogens with one attached hydrogen (secondary N) is 1. The van der Waals surface area contributed by atoms with Gasteiger partial charge < -0.3 is 19.8 Å². The van der Waals surface area contributed by atoms with Gasteiger partial charge in [0.25, 0.3) is 0 Å². The molecule has 2 N–H and O–H groups in total. The van der Waals surface area contributed by atoms with Gasteiger partial charge in [-0.05, 0) is 17.7 Å². The van der Waals surface area contributed by atoms with Crippen molar-refractivity contribution in [3.05, 3.63) is 47.6 Å². The van der Waals surface area contributed by atoms with Crippen LogP contribution in [0.15, 0.2) is 40.0 Å². The Morgan fingerprint density at radius 1 is 1.32 bits per heavy atom. The van der Waals surface area contributed by atoms with Crippen LogP contribution in [0.2, 0.25) is 0 Å². The van der Waals surface area contributed by atoms with Gasteiger partial charge in [0.2, 0.25) is 0 Å². The van der Waals surface area contributed by atoms with Crippen LogP contribution in [0, 0.1) is 5.82 Å². The predicted molar refractivity (Wildman–Crippen MR) is 91.6 cm³/mol. The maximum atomic E-state index is 13.4. The predicted octanol–water partition coefficient (Wildman–Crippen LogP) is 1.41. The minimum absolute atomic E-state index is 0.337. The molecule has 25 heavy (non-hydrogen) atoms. The second-order valence-electron chi connectivity index (χ2n) is 5.94. The SMILES string of the molecule is CN=C(NCc1ccc(O)c(F)c1)N1CCN(Cc2ccon2)CC1. The molecule has 0 radical (unpaired) electrons. The minimum Gasteiger partial charge on any atom is -0.505 e. The standard InChI is InChI=1S/C17H22FN5O2/c1-19-17(20-11-13-2-3-16(24)15(18)10-13)23-7-5-22(6-8-23)12-14-4-9-25-21-14/h2-4,9-10,24H,5-8,11-12H2,1H3,(H,19,20). The molecule has 8 heteroatoms. The summed E-state index contributed by atoms with van der Waals surface area (Å²) in [5.41, 5.74) is 1.69. The van der Waals surface area contributed by atoms with E-state index in [-0.39, 0.29) is 5.75 Å². The molecule has 134 valence electrons. The lowest BCUT2D eigenvalue weighted by Crippen LogP contribution is -2.52. The van der Waals surface area contributed by atoms with Crippen LogP contribution in [-0.2, 0) is 13.1 Å². The molecular formula is C17H22FN5O2. The van der Waals surface area contributed by atoms with Crippen LogP contribution in [-0.4, -0.2) is 59.2 Å². The summed E-state index contributed by atoms with van der Waals surface area (Å²) in [6.07, 6.45) is 1.59. The molecule has 1 aromatic carbocycles. The number of benzene rings is 1. The van der Waals surface area contributed by atoms with E-state index in [1.54, 1.807) is 19.4 Å². The number of hydrogen-bond acceptors (Lipinski definition) is 5. The third-order valence-electron chi connectivity index (χ3n) is 4.22. The maximum Gasteiger partial charge on any atom is 0.194 e. The highest BCUT2D eigenvalue weighted by molar-refractivity contribution is 5.80. The zero-order chi connectivity index (χ0) is 17.6. The van der Waals surface area contributed by atoms with E-state index in [9.17, 15) is 9.50 Å². The fraction of sp³-hybridized carbons (Fsp3) is 0.412. The average molecular weight is 347 g/mol. The van der Waals surface area contributed by atoms with Crippen LogP contribution < -0.4 is 5.32 Å². The number of rotatable bonds is 4. The molecule has 0 aliphatic carbocycles. The summed E-state index contributed by atoms with van der Waals surface area (Å²) in [5.74, 6) is -0.165. The number of phenols is 1. The number of aromatic nitrogens is 1. The fourth-order valence-electron chi connectivity index (χ4n) is 2.84. The number of aromatic hydroxyl groups is 1. The van der Waals surface area contributed by atoms with Gasteiger partial charge >= 0.3 is 0 Å². The van der Waals surface area contributed by atoms with Crippen molar-refractivity contribution in [2.45, 2.75) is 13.1 Å². The van der Waals surface area contributed by atoms with Crippen LogP contribution in [0.4, 0.5) is 4.39 Å². The highest BCUT2D eigenvalue weighted by Crippen LogP contribution is 2.16. The van der Waals surface area contributed by atoms with E-state index in [1.165, 1.54) is 12.1 Å². The maximum absolute atomic E-state index is 13.4. The minimum atomic E-state index is -0.615. The Balaban J connectivity index is 1.49. The highest BCUT2D eigenvalue weighted by Gasteiger charge is 2.20.